The SMILES string of the molecule is NC1(CN2CCN(c3ccccc3)CC2)CCCC1. The lowest BCUT2D eigenvalue weighted by molar-refractivity contribution is 0.199. The van der Waals surface area contributed by atoms with Crippen LogP contribution in [0.15, 0.2) is 30.3 Å². The zero-order valence-corrected chi connectivity index (χ0v) is 11.7. The van der Waals surface area contributed by atoms with Gasteiger partial charge in [-0.25, -0.2) is 0 Å². The first-order valence-corrected chi connectivity index (χ1v) is 7.56. The third-order valence-electron chi connectivity index (χ3n) is 4.63. The van der Waals surface area contributed by atoms with Crippen LogP contribution in [0.1, 0.15) is 25.7 Å². The second-order valence-corrected chi connectivity index (χ2v) is 6.17. The highest BCUT2D eigenvalue weighted by molar-refractivity contribution is 5.46. The molecule has 0 aromatic heterocycles. The Bertz CT molecular complexity index is 390. The third kappa shape index (κ3) is 3.10. The molecule has 3 rings (SSSR count). The number of rotatable bonds is 3. The lowest BCUT2D eigenvalue weighted by Gasteiger charge is -2.39. The van der Waals surface area contributed by atoms with Crippen molar-refractivity contribution in [3.05, 3.63) is 30.3 Å². The Morgan fingerprint density at radius 1 is 0.947 bits per heavy atom. The zero-order chi connectivity index (χ0) is 13.1. The van der Waals surface area contributed by atoms with Crippen molar-refractivity contribution in [1.29, 1.82) is 0 Å². The number of nitrogens with two attached hydrogens (primary N) is 1. The quantitative estimate of drug-likeness (QED) is 0.902. The monoisotopic (exact) mass is 259 g/mol. The fraction of sp³-hybridized carbons (Fsp3) is 0.625. The normalized spacial score (nSPS) is 23.7. The fourth-order valence-electron chi connectivity index (χ4n) is 3.49. The third-order valence-corrected chi connectivity index (χ3v) is 4.63. The van der Waals surface area contributed by atoms with Gasteiger partial charge >= 0.3 is 0 Å². The van der Waals surface area contributed by atoms with Crippen LogP contribution in [0, 0.1) is 0 Å². The summed E-state index contributed by atoms with van der Waals surface area (Å²) in [4.78, 5) is 5.04. The van der Waals surface area contributed by atoms with E-state index in [0.29, 0.717) is 0 Å². The van der Waals surface area contributed by atoms with Gasteiger partial charge in [-0.3, -0.25) is 4.90 Å². The summed E-state index contributed by atoms with van der Waals surface area (Å²) in [6.45, 7) is 5.64. The molecule has 1 heterocycles. The van der Waals surface area contributed by atoms with Crippen molar-refractivity contribution in [2.24, 2.45) is 5.73 Å². The summed E-state index contributed by atoms with van der Waals surface area (Å²) in [5.74, 6) is 0. The van der Waals surface area contributed by atoms with Gasteiger partial charge in [0.2, 0.25) is 0 Å². The van der Waals surface area contributed by atoms with Gasteiger partial charge in [-0.05, 0) is 25.0 Å². The van der Waals surface area contributed by atoms with E-state index in [1.165, 1.54) is 31.4 Å². The second kappa shape index (κ2) is 5.51. The minimum atomic E-state index is 0.106. The minimum absolute atomic E-state index is 0.106. The molecular formula is C16H25N3. The molecule has 104 valence electrons. The zero-order valence-electron chi connectivity index (χ0n) is 11.7. The van der Waals surface area contributed by atoms with Gasteiger partial charge in [-0.1, -0.05) is 31.0 Å². The Morgan fingerprint density at radius 2 is 1.58 bits per heavy atom. The lowest BCUT2D eigenvalue weighted by Crippen LogP contribution is -2.54. The predicted molar refractivity (Wildman–Crippen MR) is 80.5 cm³/mol. The molecule has 3 nitrogen and oxygen atoms in total. The van der Waals surface area contributed by atoms with Crippen molar-refractivity contribution in [2.45, 2.75) is 31.2 Å². The predicted octanol–water partition coefficient (Wildman–Crippen LogP) is 2.08. The number of anilines is 1. The summed E-state index contributed by atoms with van der Waals surface area (Å²) in [6, 6.07) is 10.7. The number of para-hydroxylation sites is 1. The molecule has 0 atom stereocenters. The van der Waals surface area contributed by atoms with Crippen molar-refractivity contribution >= 4 is 5.69 Å². The van der Waals surface area contributed by atoms with Crippen molar-refractivity contribution in [3.8, 4) is 0 Å². The largest absolute Gasteiger partial charge is 0.369 e. The van der Waals surface area contributed by atoms with Crippen LogP contribution in [0.5, 0.6) is 0 Å². The summed E-state index contributed by atoms with van der Waals surface area (Å²) in [6.07, 6.45) is 5.07. The molecule has 0 amide bonds. The second-order valence-electron chi connectivity index (χ2n) is 6.17. The van der Waals surface area contributed by atoms with Crippen LogP contribution in [0.2, 0.25) is 0 Å². The first kappa shape index (κ1) is 12.9. The van der Waals surface area contributed by atoms with Gasteiger partial charge in [-0.15, -0.1) is 0 Å². The summed E-state index contributed by atoms with van der Waals surface area (Å²) in [5.41, 5.74) is 7.94. The molecule has 0 radical (unpaired) electrons. The highest BCUT2D eigenvalue weighted by Crippen LogP contribution is 2.28. The van der Waals surface area contributed by atoms with Gasteiger partial charge in [0.1, 0.15) is 0 Å². The Morgan fingerprint density at radius 3 is 2.21 bits per heavy atom. The van der Waals surface area contributed by atoms with Crippen LogP contribution in [0.3, 0.4) is 0 Å². The molecule has 2 aliphatic rings. The Balaban J connectivity index is 1.52. The fourth-order valence-corrected chi connectivity index (χ4v) is 3.49. The molecule has 1 saturated heterocycles. The van der Waals surface area contributed by atoms with Gasteiger partial charge < -0.3 is 10.6 Å². The molecule has 2 fully saturated rings. The first-order valence-electron chi connectivity index (χ1n) is 7.56. The first-order chi connectivity index (χ1) is 9.25. The molecular weight excluding hydrogens is 234 g/mol. The summed E-state index contributed by atoms with van der Waals surface area (Å²) in [5, 5.41) is 0. The highest BCUT2D eigenvalue weighted by atomic mass is 15.3. The van der Waals surface area contributed by atoms with Crippen LogP contribution < -0.4 is 10.6 Å². The van der Waals surface area contributed by atoms with E-state index in [1.807, 2.05) is 0 Å². The molecule has 19 heavy (non-hydrogen) atoms. The van der Waals surface area contributed by atoms with E-state index in [9.17, 15) is 0 Å². The maximum atomic E-state index is 6.48. The van der Waals surface area contributed by atoms with E-state index in [0.717, 1.165) is 32.7 Å². The smallest absolute Gasteiger partial charge is 0.0367 e. The van der Waals surface area contributed by atoms with Crippen molar-refractivity contribution in [2.75, 3.05) is 37.6 Å². The van der Waals surface area contributed by atoms with Crippen LogP contribution in [-0.2, 0) is 0 Å². The molecule has 1 aliphatic carbocycles. The van der Waals surface area contributed by atoms with Gasteiger partial charge in [0.25, 0.3) is 0 Å². The average molecular weight is 259 g/mol. The number of nitrogens with zero attached hydrogens (tertiary/aromatic N) is 2. The van der Waals surface area contributed by atoms with Crippen LogP contribution in [0.25, 0.3) is 0 Å². The molecule has 1 aromatic carbocycles. The number of hydrogen-bond acceptors (Lipinski definition) is 3. The van der Waals surface area contributed by atoms with E-state index < -0.39 is 0 Å². The molecule has 0 unspecified atom stereocenters. The molecule has 1 aromatic rings. The topological polar surface area (TPSA) is 32.5 Å². The summed E-state index contributed by atoms with van der Waals surface area (Å²) in [7, 11) is 0. The van der Waals surface area contributed by atoms with E-state index >= 15 is 0 Å². The standard InChI is InChI=1S/C16H25N3/c17-16(8-4-5-9-16)14-18-10-12-19(13-11-18)15-6-2-1-3-7-15/h1-3,6-7H,4-5,8-14,17H2. The van der Waals surface area contributed by atoms with Crippen molar-refractivity contribution in [3.63, 3.8) is 0 Å². The molecule has 0 spiro atoms. The van der Waals surface area contributed by atoms with Gasteiger partial charge in [0.15, 0.2) is 0 Å². The number of benzene rings is 1. The molecule has 2 N–H and O–H groups in total. The van der Waals surface area contributed by atoms with Crippen molar-refractivity contribution in [1.82, 2.24) is 4.90 Å². The lowest BCUT2D eigenvalue weighted by atomic mass is 9.98. The van der Waals surface area contributed by atoms with E-state index in [-0.39, 0.29) is 5.54 Å². The Labute approximate surface area is 116 Å². The van der Waals surface area contributed by atoms with E-state index in [2.05, 4.69) is 40.1 Å². The van der Waals surface area contributed by atoms with Gasteiger partial charge in [0, 0.05) is 44.0 Å². The average Bonchev–Trinajstić information content (AvgIpc) is 2.87. The highest BCUT2D eigenvalue weighted by Gasteiger charge is 2.32. The maximum Gasteiger partial charge on any atom is 0.0367 e. The molecule has 1 aliphatic heterocycles. The molecule has 3 heteroatoms. The van der Waals surface area contributed by atoms with Gasteiger partial charge in [0.05, 0.1) is 0 Å². The van der Waals surface area contributed by atoms with Crippen LogP contribution >= 0.6 is 0 Å². The van der Waals surface area contributed by atoms with E-state index in [4.69, 9.17) is 5.73 Å². The maximum absolute atomic E-state index is 6.48. The molecule has 0 bridgehead atoms. The minimum Gasteiger partial charge on any atom is -0.369 e. The van der Waals surface area contributed by atoms with Crippen molar-refractivity contribution < 1.29 is 0 Å². The summed E-state index contributed by atoms with van der Waals surface area (Å²) < 4.78 is 0. The molecule has 1 saturated carbocycles. The van der Waals surface area contributed by atoms with Crippen LogP contribution in [-0.4, -0.2) is 43.2 Å². The summed E-state index contributed by atoms with van der Waals surface area (Å²) >= 11 is 0. The Hall–Kier alpha value is -1.06. The van der Waals surface area contributed by atoms with E-state index in [1.54, 1.807) is 0 Å². The van der Waals surface area contributed by atoms with Crippen LogP contribution in [0.4, 0.5) is 5.69 Å². The Kier molecular flexibility index (Phi) is 3.76. The number of piperazine rings is 1. The number of hydrogen-bond donors (Lipinski definition) is 1. The van der Waals surface area contributed by atoms with Gasteiger partial charge in [-0.2, -0.15) is 0 Å².